The molecule has 1 aromatic heterocycles. The Labute approximate surface area is 123 Å². The van der Waals surface area contributed by atoms with Crippen LogP contribution in [0.25, 0.3) is 10.9 Å². The van der Waals surface area contributed by atoms with Crippen LogP contribution in [-0.4, -0.2) is 36.5 Å². The first-order valence-electron chi connectivity index (χ1n) is 6.92. The first-order chi connectivity index (χ1) is 9.88. The largest absolute Gasteiger partial charge is 0.256 e. The second-order valence-corrected chi connectivity index (χ2v) is 7.65. The maximum absolute atomic E-state index is 14.1. The van der Waals surface area contributed by atoms with Gasteiger partial charge in [0.1, 0.15) is 5.67 Å². The van der Waals surface area contributed by atoms with Gasteiger partial charge in [0, 0.05) is 24.7 Å². The topological polar surface area (TPSA) is 50.3 Å². The number of halogens is 1. The summed E-state index contributed by atoms with van der Waals surface area (Å²) in [5.41, 5.74) is -0.714. The third kappa shape index (κ3) is 2.78. The Bertz CT molecular complexity index is 774. The van der Waals surface area contributed by atoms with Crippen LogP contribution < -0.4 is 0 Å². The second-order valence-electron chi connectivity index (χ2n) is 5.71. The number of hydrogen-bond acceptors (Lipinski definition) is 3. The summed E-state index contributed by atoms with van der Waals surface area (Å²) in [5, 5.41) is 0.763. The minimum atomic E-state index is -3.66. The third-order valence-corrected chi connectivity index (χ3v) is 5.66. The van der Waals surface area contributed by atoms with E-state index in [1.54, 1.807) is 24.4 Å². The van der Waals surface area contributed by atoms with Crippen LogP contribution in [-0.2, 0) is 10.0 Å². The van der Waals surface area contributed by atoms with E-state index in [0.717, 1.165) is 10.9 Å². The molecule has 1 aliphatic rings. The molecule has 0 N–H and O–H groups in total. The molecule has 0 amide bonds. The average Bonchev–Trinajstić information content (AvgIpc) is 2.45. The first-order valence-corrected chi connectivity index (χ1v) is 8.36. The summed E-state index contributed by atoms with van der Waals surface area (Å²) in [6, 6.07) is 8.40. The molecular formula is C15H17FN2O2S. The Kier molecular flexibility index (Phi) is 3.45. The second kappa shape index (κ2) is 5.03. The Morgan fingerprint density at radius 1 is 1.33 bits per heavy atom. The van der Waals surface area contributed by atoms with Crippen LogP contribution in [0.4, 0.5) is 4.39 Å². The Hall–Kier alpha value is -1.53. The van der Waals surface area contributed by atoms with Gasteiger partial charge in [0.05, 0.1) is 10.4 Å². The summed E-state index contributed by atoms with van der Waals surface area (Å²) in [6.45, 7) is 1.74. The van der Waals surface area contributed by atoms with Gasteiger partial charge in [0.25, 0.3) is 0 Å². The van der Waals surface area contributed by atoms with E-state index in [0.29, 0.717) is 19.4 Å². The van der Waals surface area contributed by atoms with Gasteiger partial charge in [-0.05, 0) is 44.0 Å². The van der Waals surface area contributed by atoms with Gasteiger partial charge in [0.15, 0.2) is 0 Å². The predicted octanol–water partition coefficient (Wildman–Crippen LogP) is 2.75. The molecular weight excluding hydrogens is 291 g/mol. The number of piperidine rings is 1. The summed E-state index contributed by atoms with van der Waals surface area (Å²) < 4.78 is 40.7. The van der Waals surface area contributed by atoms with E-state index in [9.17, 15) is 12.8 Å². The lowest BCUT2D eigenvalue weighted by atomic mass is 9.99. The fourth-order valence-corrected chi connectivity index (χ4v) is 4.34. The van der Waals surface area contributed by atoms with Gasteiger partial charge in [-0.25, -0.2) is 12.8 Å². The molecule has 6 heteroatoms. The van der Waals surface area contributed by atoms with Crippen molar-refractivity contribution in [1.29, 1.82) is 0 Å². The minimum absolute atomic E-state index is 0.0829. The first kappa shape index (κ1) is 14.4. The third-order valence-electron chi connectivity index (χ3n) is 3.82. The normalized spacial score (nSPS) is 24.3. The van der Waals surface area contributed by atoms with Crippen molar-refractivity contribution in [3.05, 3.63) is 36.5 Å². The standard InChI is InChI=1S/C15H17FN2O2S/c1-15(16)7-3-9-18(11-15)21(19,20)13-5-6-14-12(10-13)4-2-8-17-14/h2,4-6,8,10H,3,7,9,11H2,1H3. The van der Waals surface area contributed by atoms with Crippen LogP contribution in [0, 0.1) is 0 Å². The average molecular weight is 308 g/mol. The molecule has 112 valence electrons. The lowest BCUT2D eigenvalue weighted by Gasteiger charge is -2.34. The molecule has 1 saturated heterocycles. The number of pyridine rings is 1. The quantitative estimate of drug-likeness (QED) is 0.857. The van der Waals surface area contributed by atoms with Crippen LogP contribution in [0.1, 0.15) is 19.8 Å². The monoisotopic (exact) mass is 308 g/mol. The molecule has 3 rings (SSSR count). The smallest absolute Gasteiger partial charge is 0.243 e. The number of alkyl halides is 1. The lowest BCUT2D eigenvalue weighted by molar-refractivity contribution is 0.102. The Morgan fingerprint density at radius 3 is 2.90 bits per heavy atom. The minimum Gasteiger partial charge on any atom is -0.256 e. The van der Waals surface area contributed by atoms with E-state index in [2.05, 4.69) is 4.98 Å². The summed E-state index contributed by atoms with van der Waals surface area (Å²) in [5.74, 6) is 0. The van der Waals surface area contributed by atoms with E-state index < -0.39 is 15.7 Å². The molecule has 1 aromatic carbocycles. The SMILES string of the molecule is CC1(F)CCCN(S(=O)(=O)c2ccc3ncccc3c2)C1. The van der Waals surface area contributed by atoms with Gasteiger partial charge >= 0.3 is 0 Å². The summed E-state index contributed by atoms with van der Waals surface area (Å²) in [7, 11) is -3.66. The van der Waals surface area contributed by atoms with Crippen LogP contribution >= 0.6 is 0 Å². The van der Waals surface area contributed by atoms with E-state index in [4.69, 9.17) is 0 Å². The summed E-state index contributed by atoms with van der Waals surface area (Å²) in [6.07, 6.45) is 2.61. The van der Waals surface area contributed by atoms with E-state index in [-0.39, 0.29) is 11.4 Å². The van der Waals surface area contributed by atoms with Crippen LogP contribution in [0.15, 0.2) is 41.4 Å². The highest BCUT2D eigenvalue weighted by molar-refractivity contribution is 7.89. The zero-order chi connectivity index (χ0) is 15.1. The van der Waals surface area contributed by atoms with E-state index in [1.807, 2.05) is 6.07 Å². The molecule has 21 heavy (non-hydrogen) atoms. The van der Waals surface area contributed by atoms with Gasteiger partial charge in [-0.2, -0.15) is 4.31 Å². The van der Waals surface area contributed by atoms with Crippen LogP contribution in [0.2, 0.25) is 0 Å². The number of nitrogens with zero attached hydrogens (tertiary/aromatic N) is 2. The predicted molar refractivity (Wildman–Crippen MR) is 79.2 cm³/mol. The number of rotatable bonds is 2. The molecule has 0 saturated carbocycles. The molecule has 1 aliphatic heterocycles. The van der Waals surface area contributed by atoms with Crippen molar-refractivity contribution in [2.75, 3.05) is 13.1 Å². The van der Waals surface area contributed by atoms with Crippen molar-refractivity contribution in [2.24, 2.45) is 0 Å². The number of sulfonamides is 1. The highest BCUT2D eigenvalue weighted by Crippen LogP contribution is 2.29. The number of benzene rings is 1. The zero-order valence-electron chi connectivity index (χ0n) is 11.8. The number of aromatic nitrogens is 1. The van der Waals surface area contributed by atoms with Crippen molar-refractivity contribution in [2.45, 2.75) is 30.3 Å². The molecule has 2 heterocycles. The highest BCUT2D eigenvalue weighted by atomic mass is 32.2. The molecule has 1 unspecified atom stereocenters. The maximum atomic E-state index is 14.1. The maximum Gasteiger partial charge on any atom is 0.243 e. The van der Waals surface area contributed by atoms with Gasteiger partial charge in [0.2, 0.25) is 10.0 Å². The van der Waals surface area contributed by atoms with Crippen LogP contribution in [0.3, 0.4) is 0 Å². The van der Waals surface area contributed by atoms with Crippen molar-refractivity contribution in [3.8, 4) is 0 Å². The lowest BCUT2D eigenvalue weighted by Crippen LogP contribution is -2.46. The zero-order valence-corrected chi connectivity index (χ0v) is 12.6. The van der Waals surface area contributed by atoms with Crippen molar-refractivity contribution >= 4 is 20.9 Å². The highest BCUT2D eigenvalue weighted by Gasteiger charge is 2.37. The number of fused-ring (bicyclic) bond motifs is 1. The van der Waals surface area contributed by atoms with Gasteiger partial charge in [-0.3, -0.25) is 4.98 Å². The van der Waals surface area contributed by atoms with Gasteiger partial charge in [-0.15, -0.1) is 0 Å². The molecule has 4 nitrogen and oxygen atoms in total. The Morgan fingerprint density at radius 2 is 2.14 bits per heavy atom. The van der Waals surface area contributed by atoms with Gasteiger partial charge < -0.3 is 0 Å². The molecule has 1 fully saturated rings. The van der Waals surface area contributed by atoms with Gasteiger partial charge in [-0.1, -0.05) is 6.07 Å². The fourth-order valence-electron chi connectivity index (χ4n) is 2.72. The molecule has 0 spiro atoms. The van der Waals surface area contributed by atoms with Crippen molar-refractivity contribution in [3.63, 3.8) is 0 Å². The van der Waals surface area contributed by atoms with Crippen LogP contribution in [0.5, 0.6) is 0 Å². The van der Waals surface area contributed by atoms with E-state index in [1.165, 1.54) is 17.3 Å². The summed E-state index contributed by atoms with van der Waals surface area (Å²) in [4.78, 5) is 4.37. The molecule has 2 aromatic rings. The fraction of sp³-hybridized carbons (Fsp3) is 0.400. The summed E-state index contributed by atoms with van der Waals surface area (Å²) >= 11 is 0. The number of hydrogen-bond donors (Lipinski definition) is 0. The molecule has 0 bridgehead atoms. The Balaban J connectivity index is 1.99. The molecule has 0 radical (unpaired) electrons. The molecule has 1 atom stereocenters. The van der Waals surface area contributed by atoms with Crippen molar-refractivity contribution < 1.29 is 12.8 Å². The van der Waals surface area contributed by atoms with E-state index >= 15 is 0 Å². The van der Waals surface area contributed by atoms with Crippen molar-refractivity contribution in [1.82, 2.24) is 9.29 Å². The molecule has 0 aliphatic carbocycles.